The summed E-state index contributed by atoms with van der Waals surface area (Å²) >= 11 is 0. The molecule has 6 heteroatoms. The minimum Gasteiger partial charge on any atom is -0.321 e. The number of rotatable bonds is 3. The van der Waals surface area contributed by atoms with Crippen LogP contribution in [0.1, 0.15) is 40.6 Å². The van der Waals surface area contributed by atoms with Crippen molar-refractivity contribution in [3.8, 4) is 0 Å². The third kappa shape index (κ3) is 2.55. The maximum atomic E-state index is 12.3. The number of benzene rings is 1. The number of H-pyrrole nitrogens is 1. The van der Waals surface area contributed by atoms with Gasteiger partial charge in [0.2, 0.25) is 0 Å². The van der Waals surface area contributed by atoms with Crippen LogP contribution in [0.2, 0.25) is 0 Å². The third-order valence-corrected chi connectivity index (χ3v) is 3.49. The summed E-state index contributed by atoms with van der Waals surface area (Å²) in [5.41, 5.74) is 2.98. The highest BCUT2D eigenvalue weighted by Gasteiger charge is 2.26. The van der Waals surface area contributed by atoms with E-state index in [-0.39, 0.29) is 11.9 Å². The fourth-order valence-electron chi connectivity index (χ4n) is 2.39. The molecule has 2 aromatic rings. The van der Waals surface area contributed by atoms with Gasteiger partial charge in [-0.15, -0.1) is 0 Å². The number of carbonyl (C=O) groups is 1. The number of nitrogens with one attached hydrogen (secondary N) is 3. The Morgan fingerprint density at radius 1 is 1.30 bits per heavy atom. The van der Waals surface area contributed by atoms with E-state index in [0.717, 1.165) is 30.6 Å². The van der Waals surface area contributed by atoms with E-state index in [2.05, 4.69) is 26.0 Å². The Kier molecular flexibility index (Phi) is 3.47. The molecule has 3 N–H and O–H groups in total. The van der Waals surface area contributed by atoms with Crippen molar-refractivity contribution >= 4 is 11.6 Å². The van der Waals surface area contributed by atoms with E-state index in [9.17, 15) is 4.79 Å². The summed E-state index contributed by atoms with van der Waals surface area (Å²) in [5, 5.41) is 16.8. The maximum absolute atomic E-state index is 12.3. The number of hydrogen-bond acceptors (Lipinski definition) is 4. The highest BCUT2D eigenvalue weighted by molar-refractivity contribution is 6.03. The predicted molar refractivity (Wildman–Crippen MR) is 75.5 cm³/mol. The maximum Gasteiger partial charge on any atom is 0.278 e. The van der Waals surface area contributed by atoms with Gasteiger partial charge in [-0.2, -0.15) is 15.4 Å². The number of anilines is 1. The average Bonchev–Trinajstić information content (AvgIpc) is 3.11. The fourth-order valence-corrected chi connectivity index (χ4v) is 2.39. The lowest BCUT2D eigenvalue weighted by atomic mass is 10.1. The van der Waals surface area contributed by atoms with Gasteiger partial charge in [-0.1, -0.05) is 17.7 Å². The molecule has 1 atom stereocenters. The molecule has 1 aromatic heterocycles. The van der Waals surface area contributed by atoms with Gasteiger partial charge in [0, 0.05) is 5.69 Å². The van der Waals surface area contributed by atoms with Gasteiger partial charge in [-0.25, -0.2) is 0 Å². The van der Waals surface area contributed by atoms with Crippen molar-refractivity contribution in [1.29, 1.82) is 0 Å². The molecule has 104 valence electrons. The largest absolute Gasteiger partial charge is 0.321 e. The zero-order valence-electron chi connectivity index (χ0n) is 11.3. The van der Waals surface area contributed by atoms with Gasteiger partial charge < -0.3 is 10.6 Å². The van der Waals surface area contributed by atoms with Crippen LogP contribution >= 0.6 is 0 Å². The van der Waals surface area contributed by atoms with E-state index in [1.54, 1.807) is 0 Å². The number of amides is 1. The number of aromatic amines is 1. The molecular weight excluding hydrogens is 254 g/mol. The van der Waals surface area contributed by atoms with Crippen molar-refractivity contribution in [1.82, 2.24) is 20.7 Å². The van der Waals surface area contributed by atoms with Crippen molar-refractivity contribution in [2.24, 2.45) is 0 Å². The fraction of sp³-hybridized carbons (Fsp3) is 0.357. The van der Waals surface area contributed by atoms with Gasteiger partial charge in [0.1, 0.15) is 5.69 Å². The SMILES string of the molecule is Cc1ccc(NC(=O)c2n[nH]nc2[C@@H]2CCCN2)cc1. The Labute approximate surface area is 117 Å². The normalized spacial score (nSPS) is 18.1. The first-order chi connectivity index (χ1) is 9.74. The van der Waals surface area contributed by atoms with Crippen molar-refractivity contribution in [3.63, 3.8) is 0 Å². The summed E-state index contributed by atoms with van der Waals surface area (Å²) < 4.78 is 0. The van der Waals surface area contributed by atoms with E-state index in [1.165, 1.54) is 0 Å². The summed E-state index contributed by atoms with van der Waals surface area (Å²) in [5.74, 6) is -0.230. The molecule has 1 amide bonds. The highest BCUT2D eigenvalue weighted by Crippen LogP contribution is 2.23. The van der Waals surface area contributed by atoms with Crippen LogP contribution in [-0.4, -0.2) is 27.9 Å². The summed E-state index contributed by atoms with van der Waals surface area (Å²) in [6.45, 7) is 2.96. The first-order valence-corrected chi connectivity index (χ1v) is 6.76. The Bertz CT molecular complexity index is 598. The first-order valence-electron chi connectivity index (χ1n) is 6.76. The van der Waals surface area contributed by atoms with Crippen LogP contribution in [0.3, 0.4) is 0 Å². The van der Waals surface area contributed by atoms with Crippen LogP contribution in [0.15, 0.2) is 24.3 Å². The molecule has 1 saturated heterocycles. The van der Waals surface area contributed by atoms with Gasteiger partial charge in [0.05, 0.1) is 6.04 Å². The molecule has 1 fully saturated rings. The van der Waals surface area contributed by atoms with Crippen LogP contribution in [0.25, 0.3) is 0 Å². The van der Waals surface area contributed by atoms with Crippen LogP contribution in [0, 0.1) is 6.92 Å². The van der Waals surface area contributed by atoms with Crippen molar-refractivity contribution < 1.29 is 4.79 Å². The second kappa shape index (κ2) is 5.42. The zero-order chi connectivity index (χ0) is 13.9. The second-order valence-corrected chi connectivity index (χ2v) is 5.03. The van der Waals surface area contributed by atoms with Crippen molar-refractivity contribution in [3.05, 3.63) is 41.2 Å². The van der Waals surface area contributed by atoms with Crippen LogP contribution < -0.4 is 10.6 Å². The molecule has 20 heavy (non-hydrogen) atoms. The van der Waals surface area contributed by atoms with Gasteiger partial charge in [-0.3, -0.25) is 4.79 Å². The minimum absolute atomic E-state index is 0.118. The van der Waals surface area contributed by atoms with E-state index in [0.29, 0.717) is 11.4 Å². The van der Waals surface area contributed by atoms with Gasteiger partial charge >= 0.3 is 0 Å². The Morgan fingerprint density at radius 3 is 2.80 bits per heavy atom. The molecule has 2 heterocycles. The molecule has 1 aliphatic rings. The summed E-state index contributed by atoms with van der Waals surface area (Å²) in [6, 6.07) is 7.78. The number of carbonyl (C=O) groups excluding carboxylic acids is 1. The minimum atomic E-state index is -0.230. The van der Waals surface area contributed by atoms with Crippen molar-refractivity contribution in [2.45, 2.75) is 25.8 Å². The van der Waals surface area contributed by atoms with Crippen LogP contribution in [0.5, 0.6) is 0 Å². The van der Waals surface area contributed by atoms with Crippen molar-refractivity contribution in [2.75, 3.05) is 11.9 Å². The lowest BCUT2D eigenvalue weighted by Gasteiger charge is -2.09. The Balaban J connectivity index is 1.77. The number of nitrogens with zero attached hydrogens (tertiary/aromatic N) is 2. The molecule has 0 spiro atoms. The molecule has 3 rings (SSSR count). The Hall–Kier alpha value is -2.21. The molecule has 1 aliphatic heterocycles. The molecule has 1 aromatic carbocycles. The van der Waals surface area contributed by atoms with E-state index in [4.69, 9.17) is 0 Å². The molecule has 6 nitrogen and oxygen atoms in total. The Morgan fingerprint density at radius 2 is 2.10 bits per heavy atom. The number of aryl methyl sites for hydroxylation is 1. The molecule has 0 saturated carbocycles. The monoisotopic (exact) mass is 271 g/mol. The molecule has 0 unspecified atom stereocenters. The lowest BCUT2D eigenvalue weighted by Crippen LogP contribution is -2.20. The van der Waals surface area contributed by atoms with E-state index in [1.807, 2.05) is 31.2 Å². The molecular formula is C14H17N5O. The standard InChI is InChI=1S/C14H17N5O/c1-9-4-6-10(7-5-9)16-14(20)13-12(17-19-18-13)11-3-2-8-15-11/h4-7,11,15H,2-3,8H2,1H3,(H,16,20)(H,17,18,19)/t11-/m0/s1. The van der Waals surface area contributed by atoms with E-state index >= 15 is 0 Å². The van der Waals surface area contributed by atoms with Crippen LogP contribution in [0.4, 0.5) is 5.69 Å². The average molecular weight is 271 g/mol. The molecule has 0 bridgehead atoms. The lowest BCUT2D eigenvalue weighted by molar-refractivity contribution is 0.102. The number of hydrogen-bond donors (Lipinski definition) is 3. The first kappa shape index (κ1) is 12.8. The summed E-state index contributed by atoms with van der Waals surface area (Å²) in [4.78, 5) is 12.3. The molecule has 0 aliphatic carbocycles. The second-order valence-electron chi connectivity index (χ2n) is 5.03. The van der Waals surface area contributed by atoms with Crippen LogP contribution in [-0.2, 0) is 0 Å². The predicted octanol–water partition coefficient (Wildman–Crippen LogP) is 1.79. The topological polar surface area (TPSA) is 82.7 Å². The van der Waals surface area contributed by atoms with E-state index < -0.39 is 0 Å². The quantitative estimate of drug-likeness (QED) is 0.794. The smallest absolute Gasteiger partial charge is 0.278 e. The summed E-state index contributed by atoms with van der Waals surface area (Å²) in [7, 11) is 0. The van der Waals surface area contributed by atoms with Gasteiger partial charge in [0.15, 0.2) is 5.69 Å². The third-order valence-electron chi connectivity index (χ3n) is 3.49. The van der Waals surface area contributed by atoms with Gasteiger partial charge in [-0.05, 0) is 38.4 Å². The van der Waals surface area contributed by atoms with Gasteiger partial charge in [0.25, 0.3) is 5.91 Å². The summed E-state index contributed by atoms with van der Waals surface area (Å²) in [6.07, 6.45) is 2.08. The number of aromatic nitrogens is 3. The zero-order valence-corrected chi connectivity index (χ0v) is 11.3. The molecule has 0 radical (unpaired) electrons. The highest BCUT2D eigenvalue weighted by atomic mass is 16.2.